The number of hydrogen-bond acceptors (Lipinski definition) is 4. The summed E-state index contributed by atoms with van der Waals surface area (Å²) >= 11 is 1.70. The molecule has 0 bridgehead atoms. The molecule has 0 spiro atoms. The molecular weight excluding hydrogens is 248 g/mol. The Labute approximate surface area is 114 Å². The zero-order chi connectivity index (χ0) is 13.9. The van der Waals surface area contributed by atoms with Crippen molar-refractivity contribution in [3.8, 4) is 0 Å². The second-order valence-electron chi connectivity index (χ2n) is 5.71. The molecule has 18 heavy (non-hydrogen) atoms. The maximum absolute atomic E-state index is 11.6. The molecule has 0 aromatic heterocycles. The molecule has 4 nitrogen and oxygen atoms in total. The summed E-state index contributed by atoms with van der Waals surface area (Å²) in [5.74, 6) is -0.286. The lowest BCUT2D eigenvalue weighted by atomic mass is 9.95. The van der Waals surface area contributed by atoms with Crippen LogP contribution in [0.2, 0.25) is 0 Å². The zero-order valence-electron chi connectivity index (χ0n) is 11.8. The Hall–Kier alpha value is -0.260. The third kappa shape index (κ3) is 4.78. The number of aliphatic hydroxyl groups excluding tert-OH is 1. The summed E-state index contributed by atoms with van der Waals surface area (Å²) in [4.78, 5) is 11.6. The minimum absolute atomic E-state index is 0.165. The number of carbonyl (C=O) groups is 1. The van der Waals surface area contributed by atoms with E-state index in [1.165, 1.54) is 0 Å². The van der Waals surface area contributed by atoms with Gasteiger partial charge in [-0.25, -0.2) is 0 Å². The Balaban J connectivity index is 2.51. The Morgan fingerprint density at radius 1 is 1.50 bits per heavy atom. The first kappa shape index (κ1) is 15.8. The van der Waals surface area contributed by atoms with E-state index in [1.807, 2.05) is 13.8 Å². The molecular formula is C13H26N2O2S. The van der Waals surface area contributed by atoms with E-state index in [0.717, 1.165) is 12.8 Å². The molecule has 0 radical (unpaired) electrons. The van der Waals surface area contributed by atoms with Gasteiger partial charge in [-0.3, -0.25) is 4.79 Å². The monoisotopic (exact) mass is 274 g/mol. The summed E-state index contributed by atoms with van der Waals surface area (Å²) in [6.07, 6.45) is 2.62. The number of amides is 1. The number of rotatable bonds is 8. The summed E-state index contributed by atoms with van der Waals surface area (Å²) in [6.45, 7) is 7.76. The van der Waals surface area contributed by atoms with Gasteiger partial charge in [-0.2, -0.15) is 11.8 Å². The average molecular weight is 274 g/mol. The van der Waals surface area contributed by atoms with Crippen molar-refractivity contribution in [2.45, 2.75) is 75.1 Å². The van der Waals surface area contributed by atoms with Crippen LogP contribution < -0.4 is 11.1 Å². The van der Waals surface area contributed by atoms with Gasteiger partial charge < -0.3 is 16.2 Å². The normalized spacial score (nSPS) is 24.1. The molecule has 4 atom stereocenters. The maximum atomic E-state index is 11.6. The lowest BCUT2D eigenvalue weighted by Gasteiger charge is -2.31. The van der Waals surface area contributed by atoms with Crippen LogP contribution in [0.3, 0.4) is 0 Å². The Bertz CT molecular complexity index is 295. The predicted molar refractivity (Wildman–Crippen MR) is 76.6 cm³/mol. The topological polar surface area (TPSA) is 75.3 Å². The van der Waals surface area contributed by atoms with Crippen LogP contribution in [-0.4, -0.2) is 39.2 Å². The summed E-state index contributed by atoms with van der Waals surface area (Å²) < 4.78 is 0. The van der Waals surface area contributed by atoms with Crippen LogP contribution in [0.5, 0.6) is 0 Å². The van der Waals surface area contributed by atoms with Crippen LogP contribution in [0.1, 0.15) is 47.0 Å². The lowest BCUT2D eigenvalue weighted by Crippen LogP contribution is -2.55. The molecule has 0 heterocycles. The molecule has 106 valence electrons. The number of nitrogens with one attached hydrogen (secondary N) is 1. The van der Waals surface area contributed by atoms with E-state index in [-0.39, 0.29) is 22.5 Å². The van der Waals surface area contributed by atoms with E-state index in [2.05, 4.69) is 12.2 Å². The first-order valence-electron chi connectivity index (χ1n) is 6.65. The van der Waals surface area contributed by atoms with Gasteiger partial charge in [-0.1, -0.05) is 13.8 Å². The quantitative estimate of drug-likeness (QED) is 0.623. The summed E-state index contributed by atoms with van der Waals surface area (Å²) in [5.41, 5.74) is 4.89. The molecule has 4 N–H and O–H groups in total. The smallest absolute Gasteiger partial charge is 0.237 e. The maximum Gasteiger partial charge on any atom is 0.237 e. The van der Waals surface area contributed by atoms with Crippen LogP contribution >= 0.6 is 11.8 Å². The molecule has 0 aromatic rings. The highest BCUT2D eigenvalue weighted by molar-refractivity contribution is 8.00. The largest absolute Gasteiger partial charge is 0.392 e. The average Bonchev–Trinajstić information content (AvgIpc) is 3.00. The summed E-state index contributed by atoms with van der Waals surface area (Å²) in [6, 6.07) is 0.453. The standard InChI is InChI=1S/C13H26N2O2S/c1-8(18-10(3)9(2)16)7-13(4,12(14)17)15-11-5-6-11/h8-11,15-16H,5-7H2,1-4H3,(H2,14,17). The number of aliphatic hydroxyl groups is 1. The molecule has 0 aliphatic heterocycles. The second kappa shape index (κ2) is 6.26. The number of carbonyl (C=O) groups excluding carboxylic acids is 1. The molecule has 1 fully saturated rings. The molecule has 0 aromatic carbocycles. The third-order valence-corrected chi connectivity index (χ3v) is 4.92. The number of nitrogens with two attached hydrogens (primary N) is 1. The van der Waals surface area contributed by atoms with Crippen molar-refractivity contribution in [1.29, 1.82) is 0 Å². The first-order chi connectivity index (χ1) is 8.24. The Morgan fingerprint density at radius 2 is 2.06 bits per heavy atom. The van der Waals surface area contributed by atoms with Crippen LogP contribution in [0.25, 0.3) is 0 Å². The minimum Gasteiger partial charge on any atom is -0.392 e. The fraction of sp³-hybridized carbons (Fsp3) is 0.923. The first-order valence-corrected chi connectivity index (χ1v) is 7.60. The van der Waals surface area contributed by atoms with E-state index in [1.54, 1.807) is 18.7 Å². The van der Waals surface area contributed by atoms with Gasteiger partial charge >= 0.3 is 0 Å². The summed E-state index contributed by atoms with van der Waals surface area (Å²) in [7, 11) is 0. The molecule has 1 rings (SSSR count). The van der Waals surface area contributed by atoms with Gasteiger partial charge in [-0.15, -0.1) is 0 Å². The van der Waals surface area contributed by atoms with Gasteiger partial charge in [0.05, 0.1) is 11.6 Å². The highest BCUT2D eigenvalue weighted by Gasteiger charge is 2.38. The molecule has 1 amide bonds. The van der Waals surface area contributed by atoms with Crippen molar-refractivity contribution in [3.05, 3.63) is 0 Å². The Morgan fingerprint density at radius 3 is 2.44 bits per heavy atom. The van der Waals surface area contributed by atoms with E-state index in [0.29, 0.717) is 12.5 Å². The highest BCUT2D eigenvalue weighted by atomic mass is 32.2. The fourth-order valence-electron chi connectivity index (χ4n) is 2.01. The number of hydrogen-bond donors (Lipinski definition) is 3. The molecule has 1 saturated carbocycles. The highest BCUT2D eigenvalue weighted by Crippen LogP contribution is 2.30. The van der Waals surface area contributed by atoms with E-state index < -0.39 is 5.54 Å². The van der Waals surface area contributed by atoms with Gasteiger partial charge in [0.1, 0.15) is 0 Å². The van der Waals surface area contributed by atoms with Crippen molar-refractivity contribution < 1.29 is 9.90 Å². The van der Waals surface area contributed by atoms with E-state index in [9.17, 15) is 9.90 Å². The van der Waals surface area contributed by atoms with Gasteiger partial charge in [0.25, 0.3) is 0 Å². The Kier molecular flexibility index (Phi) is 5.49. The number of primary amides is 1. The van der Waals surface area contributed by atoms with Crippen LogP contribution in [0.15, 0.2) is 0 Å². The molecule has 4 unspecified atom stereocenters. The zero-order valence-corrected chi connectivity index (χ0v) is 12.6. The van der Waals surface area contributed by atoms with Crippen molar-refractivity contribution >= 4 is 17.7 Å². The van der Waals surface area contributed by atoms with Gasteiger partial charge in [0.2, 0.25) is 5.91 Å². The minimum atomic E-state index is -0.633. The van der Waals surface area contributed by atoms with E-state index >= 15 is 0 Å². The molecule has 5 heteroatoms. The van der Waals surface area contributed by atoms with Crippen LogP contribution in [0.4, 0.5) is 0 Å². The molecule has 1 aliphatic rings. The van der Waals surface area contributed by atoms with E-state index in [4.69, 9.17) is 5.73 Å². The van der Waals surface area contributed by atoms with Gasteiger partial charge in [0, 0.05) is 16.5 Å². The van der Waals surface area contributed by atoms with Crippen molar-refractivity contribution in [3.63, 3.8) is 0 Å². The van der Waals surface area contributed by atoms with Crippen LogP contribution in [0, 0.1) is 0 Å². The van der Waals surface area contributed by atoms with Crippen LogP contribution in [-0.2, 0) is 4.79 Å². The molecule has 0 saturated heterocycles. The lowest BCUT2D eigenvalue weighted by molar-refractivity contribution is -0.124. The van der Waals surface area contributed by atoms with Gasteiger partial charge in [-0.05, 0) is 33.1 Å². The predicted octanol–water partition coefficient (Wildman–Crippen LogP) is 1.26. The second-order valence-corrected chi connectivity index (χ2v) is 7.53. The fourth-order valence-corrected chi connectivity index (χ4v) is 3.40. The van der Waals surface area contributed by atoms with Gasteiger partial charge in [0.15, 0.2) is 0 Å². The van der Waals surface area contributed by atoms with Crippen molar-refractivity contribution in [1.82, 2.24) is 5.32 Å². The number of thioether (sulfide) groups is 1. The molecule has 1 aliphatic carbocycles. The third-order valence-electron chi connectivity index (χ3n) is 3.47. The van der Waals surface area contributed by atoms with Crippen molar-refractivity contribution in [2.24, 2.45) is 5.73 Å². The van der Waals surface area contributed by atoms with Crippen molar-refractivity contribution in [2.75, 3.05) is 0 Å². The SMILES string of the molecule is CC(CC(C)(NC1CC1)C(N)=O)SC(C)C(C)O. The summed E-state index contributed by atoms with van der Waals surface area (Å²) in [5, 5.41) is 13.3.